The van der Waals surface area contributed by atoms with Crippen molar-refractivity contribution in [1.29, 1.82) is 0 Å². The Morgan fingerprint density at radius 2 is 0.556 bits per heavy atom. The molecular formula is C6H10Cl2S. The maximum atomic E-state index is 2.00. The summed E-state index contributed by atoms with van der Waals surface area (Å²) in [5, 5.41) is 0. The second kappa shape index (κ2) is 11.0. The van der Waals surface area contributed by atoms with Crippen molar-refractivity contribution in [2.75, 3.05) is 0 Å². The molecule has 0 unspecified atom stereocenters. The van der Waals surface area contributed by atoms with Crippen molar-refractivity contribution < 1.29 is 0 Å². The lowest BCUT2D eigenvalue weighted by atomic mass is 10.4. The van der Waals surface area contributed by atoms with E-state index in [0.717, 1.165) is 0 Å². The zero-order chi connectivity index (χ0) is 4.24. The molecule has 0 radical (unpaired) electrons. The minimum Gasteiger partial charge on any atom is -0.197 e. The molecule has 0 aliphatic carbocycles. The summed E-state index contributed by atoms with van der Waals surface area (Å²) in [5.74, 6) is 0. The first kappa shape index (κ1) is 16.1. The van der Waals surface area contributed by atoms with Crippen LogP contribution in [0, 0.1) is 0 Å². The zero-order valence-corrected chi connectivity index (χ0v) is 7.41. The molecule has 1 aromatic carbocycles. The van der Waals surface area contributed by atoms with Gasteiger partial charge in [0, 0.05) is 0 Å². The average Bonchev–Trinajstić information content (AvgIpc) is 1.72. The van der Waals surface area contributed by atoms with Crippen molar-refractivity contribution in [3.05, 3.63) is 36.4 Å². The Balaban J connectivity index is -0.000000120. The van der Waals surface area contributed by atoms with Crippen LogP contribution in [0.25, 0.3) is 0 Å². The summed E-state index contributed by atoms with van der Waals surface area (Å²) in [7, 11) is 0. The molecule has 0 fully saturated rings. The minimum absolute atomic E-state index is 0. The number of hydrogen-bond acceptors (Lipinski definition) is 0. The van der Waals surface area contributed by atoms with Crippen LogP contribution in [-0.4, -0.2) is 0 Å². The molecule has 3 heteroatoms. The number of halogens is 2. The van der Waals surface area contributed by atoms with Gasteiger partial charge in [-0.3, -0.25) is 0 Å². The highest BCUT2D eigenvalue weighted by molar-refractivity contribution is 7.59. The van der Waals surface area contributed by atoms with Crippen molar-refractivity contribution in [1.82, 2.24) is 0 Å². The summed E-state index contributed by atoms with van der Waals surface area (Å²) in [5.41, 5.74) is 0. The Bertz CT molecular complexity index is 83.0. The Hall–Kier alpha value is 0.150. The molecule has 0 aromatic heterocycles. The monoisotopic (exact) mass is 184 g/mol. The minimum atomic E-state index is 0. The third-order valence-corrected chi connectivity index (χ3v) is 0.667. The smallest absolute Gasteiger partial charge is 0.0623 e. The van der Waals surface area contributed by atoms with E-state index in [2.05, 4.69) is 0 Å². The number of benzene rings is 1. The van der Waals surface area contributed by atoms with E-state index >= 15 is 0 Å². The third-order valence-electron chi connectivity index (χ3n) is 0.667. The van der Waals surface area contributed by atoms with Crippen molar-refractivity contribution in [3.8, 4) is 0 Å². The fraction of sp³-hybridized carbons (Fsp3) is 0. The molecular weight excluding hydrogens is 175 g/mol. The Kier molecular flexibility index (Phi) is 19.7. The molecule has 0 bridgehead atoms. The van der Waals surface area contributed by atoms with Crippen LogP contribution < -0.4 is 0 Å². The first-order valence-corrected chi connectivity index (χ1v) is 2.00. The summed E-state index contributed by atoms with van der Waals surface area (Å²) >= 11 is 0. The van der Waals surface area contributed by atoms with Crippen LogP contribution in [0.15, 0.2) is 36.4 Å². The summed E-state index contributed by atoms with van der Waals surface area (Å²) in [4.78, 5) is 0. The second-order valence-corrected chi connectivity index (χ2v) is 1.15. The quantitative estimate of drug-likeness (QED) is 0.582. The molecule has 0 saturated carbocycles. The van der Waals surface area contributed by atoms with Crippen LogP contribution in [0.3, 0.4) is 0 Å². The fourth-order valence-electron chi connectivity index (χ4n) is 0.385. The molecule has 54 valence electrons. The Labute approximate surface area is 74.9 Å². The molecule has 0 aliphatic heterocycles. The van der Waals surface area contributed by atoms with Crippen LogP contribution >= 0.6 is 38.3 Å². The zero-order valence-electron chi connectivity index (χ0n) is 4.78. The Morgan fingerprint density at radius 3 is 0.667 bits per heavy atom. The first-order chi connectivity index (χ1) is 3.00. The lowest BCUT2D eigenvalue weighted by molar-refractivity contribution is 1.72. The molecule has 0 heterocycles. The lowest BCUT2D eigenvalue weighted by Crippen LogP contribution is -1.47. The predicted molar refractivity (Wildman–Crippen MR) is 51.3 cm³/mol. The standard InChI is InChI=1S/C6H6.2ClH.H2S/c1-2-4-6-5-3-1;;;/h1-6H;2*1H;1H2. The van der Waals surface area contributed by atoms with Crippen molar-refractivity contribution >= 4 is 38.3 Å². The van der Waals surface area contributed by atoms with Gasteiger partial charge in [-0.2, -0.15) is 13.5 Å². The third kappa shape index (κ3) is 8.15. The Morgan fingerprint density at radius 1 is 0.444 bits per heavy atom. The van der Waals surface area contributed by atoms with Gasteiger partial charge in [0.2, 0.25) is 0 Å². The molecule has 0 saturated heterocycles. The summed E-state index contributed by atoms with van der Waals surface area (Å²) in [6.07, 6.45) is 0. The van der Waals surface area contributed by atoms with E-state index in [9.17, 15) is 0 Å². The maximum absolute atomic E-state index is 2.00. The van der Waals surface area contributed by atoms with Gasteiger partial charge in [0.15, 0.2) is 0 Å². The lowest BCUT2D eigenvalue weighted by Gasteiger charge is -1.69. The molecule has 0 nitrogen and oxygen atoms in total. The van der Waals surface area contributed by atoms with E-state index in [0.29, 0.717) is 0 Å². The van der Waals surface area contributed by atoms with Gasteiger partial charge in [0.25, 0.3) is 0 Å². The average molecular weight is 185 g/mol. The molecule has 0 N–H and O–H groups in total. The highest BCUT2D eigenvalue weighted by Gasteiger charge is 1.57. The largest absolute Gasteiger partial charge is 0.197 e. The van der Waals surface area contributed by atoms with Crippen molar-refractivity contribution in [3.63, 3.8) is 0 Å². The highest BCUT2D eigenvalue weighted by Crippen LogP contribution is 1.79. The van der Waals surface area contributed by atoms with Crippen molar-refractivity contribution in [2.24, 2.45) is 0 Å². The van der Waals surface area contributed by atoms with E-state index in [-0.39, 0.29) is 38.3 Å². The van der Waals surface area contributed by atoms with Crippen LogP contribution in [0.5, 0.6) is 0 Å². The molecule has 0 aliphatic rings. The molecule has 1 aromatic rings. The number of hydrogen-bond donors (Lipinski definition) is 0. The topological polar surface area (TPSA) is 0 Å². The van der Waals surface area contributed by atoms with Crippen LogP contribution in [0.4, 0.5) is 0 Å². The van der Waals surface area contributed by atoms with E-state index < -0.39 is 0 Å². The van der Waals surface area contributed by atoms with E-state index in [1.807, 2.05) is 36.4 Å². The van der Waals surface area contributed by atoms with Gasteiger partial charge >= 0.3 is 0 Å². The van der Waals surface area contributed by atoms with Gasteiger partial charge in [0.05, 0.1) is 0 Å². The van der Waals surface area contributed by atoms with E-state index in [1.165, 1.54) is 0 Å². The summed E-state index contributed by atoms with van der Waals surface area (Å²) in [6, 6.07) is 12.0. The van der Waals surface area contributed by atoms with Crippen LogP contribution in [-0.2, 0) is 0 Å². The van der Waals surface area contributed by atoms with Gasteiger partial charge in [-0.05, 0) is 0 Å². The van der Waals surface area contributed by atoms with E-state index in [4.69, 9.17) is 0 Å². The number of rotatable bonds is 0. The van der Waals surface area contributed by atoms with Gasteiger partial charge < -0.3 is 0 Å². The second-order valence-electron chi connectivity index (χ2n) is 1.15. The fourth-order valence-corrected chi connectivity index (χ4v) is 0.385. The first-order valence-electron chi connectivity index (χ1n) is 2.00. The summed E-state index contributed by atoms with van der Waals surface area (Å²) < 4.78 is 0. The SMILES string of the molecule is Cl.Cl.S.c1ccccc1. The van der Waals surface area contributed by atoms with Gasteiger partial charge in [-0.25, -0.2) is 0 Å². The van der Waals surface area contributed by atoms with Gasteiger partial charge in [-0.1, -0.05) is 36.4 Å². The van der Waals surface area contributed by atoms with Gasteiger partial charge in [-0.15, -0.1) is 24.8 Å². The van der Waals surface area contributed by atoms with Crippen LogP contribution in [0.2, 0.25) is 0 Å². The summed E-state index contributed by atoms with van der Waals surface area (Å²) in [6.45, 7) is 0. The maximum Gasteiger partial charge on any atom is -0.0623 e. The van der Waals surface area contributed by atoms with Crippen molar-refractivity contribution in [2.45, 2.75) is 0 Å². The predicted octanol–water partition coefficient (Wildman–Crippen LogP) is 2.64. The molecule has 0 spiro atoms. The van der Waals surface area contributed by atoms with Gasteiger partial charge in [0.1, 0.15) is 0 Å². The van der Waals surface area contributed by atoms with E-state index in [1.54, 1.807) is 0 Å². The normalized spacial score (nSPS) is 5.33. The molecule has 1 rings (SSSR count). The molecule has 0 atom stereocenters. The van der Waals surface area contributed by atoms with Crippen LogP contribution in [0.1, 0.15) is 0 Å². The molecule has 0 amide bonds. The highest BCUT2D eigenvalue weighted by atomic mass is 35.5. The molecule has 9 heavy (non-hydrogen) atoms.